The third-order valence-corrected chi connectivity index (χ3v) is 6.24. The zero-order chi connectivity index (χ0) is 22.0. The molecular weight excluding hydrogens is 410 g/mol. The number of ether oxygens (including phenoxy) is 1. The first-order valence-corrected chi connectivity index (χ1v) is 11.1. The van der Waals surface area contributed by atoms with Gasteiger partial charge in [0.05, 0.1) is 30.3 Å². The van der Waals surface area contributed by atoms with E-state index in [-0.39, 0.29) is 18.2 Å². The number of aryl methyl sites for hydroxylation is 1. The highest BCUT2D eigenvalue weighted by Crippen LogP contribution is 2.34. The van der Waals surface area contributed by atoms with Gasteiger partial charge in [-0.05, 0) is 48.7 Å². The fourth-order valence-electron chi connectivity index (χ4n) is 3.93. The van der Waals surface area contributed by atoms with E-state index >= 15 is 0 Å². The highest BCUT2D eigenvalue weighted by atomic mass is 32.1. The summed E-state index contributed by atoms with van der Waals surface area (Å²) in [6.45, 7) is 4.10. The minimum absolute atomic E-state index is 0.00873. The lowest BCUT2D eigenvalue weighted by Gasteiger charge is -2.23. The molecule has 31 heavy (non-hydrogen) atoms. The molecule has 0 saturated carbocycles. The Bertz CT molecular complexity index is 1110. The molecule has 6 nitrogen and oxygen atoms in total. The number of carbonyl (C=O) groups excluding carboxylic acids is 2. The van der Waals surface area contributed by atoms with Gasteiger partial charge in [0.15, 0.2) is 0 Å². The van der Waals surface area contributed by atoms with Crippen molar-refractivity contribution in [3.05, 3.63) is 64.0 Å². The van der Waals surface area contributed by atoms with Gasteiger partial charge in [0.2, 0.25) is 11.8 Å². The van der Waals surface area contributed by atoms with Crippen molar-refractivity contribution in [1.82, 2.24) is 10.3 Å². The lowest BCUT2D eigenvalue weighted by Crippen LogP contribution is -2.35. The van der Waals surface area contributed by atoms with Crippen LogP contribution in [0.5, 0.6) is 5.75 Å². The van der Waals surface area contributed by atoms with Crippen LogP contribution in [-0.4, -0.2) is 30.5 Å². The van der Waals surface area contributed by atoms with E-state index in [1.165, 1.54) is 6.92 Å². The van der Waals surface area contributed by atoms with Crippen LogP contribution in [-0.2, 0) is 16.0 Å². The summed E-state index contributed by atoms with van der Waals surface area (Å²) in [5.41, 5.74) is 5.01. The molecule has 3 aromatic rings. The third kappa shape index (κ3) is 4.61. The fourth-order valence-corrected chi connectivity index (χ4v) is 4.56. The number of hydrogen-bond acceptors (Lipinski definition) is 5. The maximum atomic E-state index is 13.2. The molecule has 0 bridgehead atoms. The topological polar surface area (TPSA) is 71.5 Å². The van der Waals surface area contributed by atoms with Gasteiger partial charge in [-0.3, -0.25) is 9.59 Å². The van der Waals surface area contributed by atoms with E-state index in [0.717, 1.165) is 45.2 Å². The Kier molecular flexibility index (Phi) is 6.04. The number of fused-ring (bicyclic) bond motifs is 1. The average molecular weight is 436 g/mol. The fraction of sp³-hybridized carbons (Fsp3) is 0.292. The van der Waals surface area contributed by atoms with E-state index in [1.807, 2.05) is 48.2 Å². The smallest absolute Gasteiger partial charge is 0.229 e. The minimum atomic E-state index is -0.391. The molecule has 0 saturated heterocycles. The van der Waals surface area contributed by atoms with Crippen LogP contribution in [0.25, 0.3) is 11.3 Å². The predicted molar refractivity (Wildman–Crippen MR) is 123 cm³/mol. The lowest BCUT2D eigenvalue weighted by atomic mass is 10.0. The Labute approximate surface area is 185 Å². The number of anilines is 1. The Morgan fingerprint density at radius 2 is 2.00 bits per heavy atom. The van der Waals surface area contributed by atoms with E-state index in [2.05, 4.69) is 21.7 Å². The number of hydrogen-bond donors (Lipinski definition) is 1. The van der Waals surface area contributed by atoms with Crippen LogP contribution in [0.4, 0.5) is 5.69 Å². The van der Waals surface area contributed by atoms with Crippen molar-refractivity contribution >= 4 is 28.8 Å². The summed E-state index contributed by atoms with van der Waals surface area (Å²) in [6, 6.07) is 13.2. The van der Waals surface area contributed by atoms with E-state index in [9.17, 15) is 9.59 Å². The molecule has 0 aliphatic carbocycles. The number of amides is 2. The van der Waals surface area contributed by atoms with E-state index in [4.69, 9.17) is 4.74 Å². The molecule has 0 fully saturated rings. The molecule has 2 amide bonds. The van der Waals surface area contributed by atoms with Crippen LogP contribution in [0.15, 0.2) is 47.8 Å². The number of methoxy groups -OCH3 is 1. The lowest BCUT2D eigenvalue weighted by molar-refractivity contribution is -0.121. The second kappa shape index (κ2) is 8.89. The number of rotatable bonds is 6. The number of carbonyl (C=O) groups is 2. The van der Waals surface area contributed by atoms with Crippen LogP contribution in [0.1, 0.15) is 35.5 Å². The maximum Gasteiger partial charge on any atom is 0.229 e. The van der Waals surface area contributed by atoms with Crippen molar-refractivity contribution in [2.45, 2.75) is 32.7 Å². The van der Waals surface area contributed by atoms with Gasteiger partial charge >= 0.3 is 0 Å². The average Bonchev–Trinajstić information content (AvgIpc) is 3.38. The van der Waals surface area contributed by atoms with Crippen LogP contribution < -0.4 is 15.0 Å². The van der Waals surface area contributed by atoms with E-state index in [1.54, 1.807) is 18.4 Å². The van der Waals surface area contributed by atoms with E-state index in [0.29, 0.717) is 6.54 Å². The monoisotopic (exact) mass is 435 g/mol. The minimum Gasteiger partial charge on any atom is -0.497 e. The molecule has 7 heteroatoms. The quantitative estimate of drug-likeness (QED) is 0.627. The Morgan fingerprint density at radius 3 is 2.65 bits per heavy atom. The molecule has 1 unspecified atom stereocenters. The summed E-state index contributed by atoms with van der Waals surface area (Å²) in [4.78, 5) is 31.3. The molecule has 4 rings (SSSR count). The first kappa shape index (κ1) is 21.1. The Hall–Kier alpha value is -3.19. The normalized spacial score (nSPS) is 13.6. The largest absolute Gasteiger partial charge is 0.497 e. The molecule has 2 heterocycles. The third-order valence-electron chi connectivity index (χ3n) is 5.47. The van der Waals surface area contributed by atoms with Crippen molar-refractivity contribution < 1.29 is 14.3 Å². The summed E-state index contributed by atoms with van der Waals surface area (Å²) in [5.74, 6) is 0.556. The zero-order valence-corrected chi connectivity index (χ0v) is 18.7. The summed E-state index contributed by atoms with van der Waals surface area (Å²) < 4.78 is 5.21. The molecule has 1 aliphatic rings. The zero-order valence-electron chi connectivity index (χ0n) is 17.8. The van der Waals surface area contributed by atoms with E-state index < -0.39 is 6.04 Å². The van der Waals surface area contributed by atoms with Crippen LogP contribution in [0.2, 0.25) is 0 Å². The first-order valence-electron chi connectivity index (χ1n) is 10.2. The summed E-state index contributed by atoms with van der Waals surface area (Å²) >= 11 is 1.63. The van der Waals surface area contributed by atoms with Crippen LogP contribution in [0, 0.1) is 6.92 Å². The van der Waals surface area contributed by atoms with Crippen LogP contribution in [0.3, 0.4) is 0 Å². The molecule has 2 aromatic carbocycles. The van der Waals surface area contributed by atoms with Gasteiger partial charge in [0.1, 0.15) is 5.75 Å². The van der Waals surface area contributed by atoms with Crippen LogP contribution >= 0.6 is 11.3 Å². The predicted octanol–water partition coefficient (Wildman–Crippen LogP) is 4.28. The summed E-state index contributed by atoms with van der Waals surface area (Å²) in [6.07, 6.45) is 1.00. The molecule has 1 N–H and O–H groups in total. The van der Waals surface area contributed by atoms with Gasteiger partial charge < -0.3 is 15.0 Å². The molecule has 0 spiro atoms. The first-order chi connectivity index (χ1) is 14.9. The maximum absolute atomic E-state index is 13.2. The molecule has 0 radical (unpaired) electrons. The van der Waals surface area contributed by atoms with Gasteiger partial charge in [0, 0.05) is 30.1 Å². The van der Waals surface area contributed by atoms with Gasteiger partial charge in [-0.15, -0.1) is 11.3 Å². The van der Waals surface area contributed by atoms with Gasteiger partial charge in [-0.2, -0.15) is 0 Å². The van der Waals surface area contributed by atoms with Crippen molar-refractivity contribution in [3.63, 3.8) is 0 Å². The van der Waals surface area contributed by atoms with Crippen molar-refractivity contribution in [2.24, 2.45) is 0 Å². The highest BCUT2D eigenvalue weighted by Gasteiger charge is 2.28. The SMILES string of the molecule is COc1ccc(C(CC(=O)N2CCc3cc(-c4csc(C)n4)ccc32)NC(C)=O)cc1. The number of nitrogens with zero attached hydrogens (tertiary/aromatic N) is 2. The number of thiazole rings is 1. The molecule has 1 aromatic heterocycles. The number of aromatic nitrogens is 1. The van der Waals surface area contributed by atoms with Crippen molar-refractivity contribution in [2.75, 3.05) is 18.6 Å². The second-order valence-corrected chi connectivity index (χ2v) is 8.68. The van der Waals surface area contributed by atoms with Gasteiger partial charge in [-0.1, -0.05) is 18.2 Å². The Morgan fingerprint density at radius 1 is 1.23 bits per heavy atom. The van der Waals surface area contributed by atoms with Gasteiger partial charge in [-0.25, -0.2) is 4.98 Å². The standard InChI is InChI=1S/C24H25N3O3S/c1-15(28)25-21(17-4-7-20(30-3)8-5-17)13-24(29)27-11-10-19-12-18(6-9-23(19)27)22-14-31-16(2)26-22/h4-9,12,14,21H,10-11,13H2,1-3H3,(H,25,28). The van der Waals surface area contributed by atoms with Crippen molar-refractivity contribution in [1.29, 1.82) is 0 Å². The molecule has 160 valence electrons. The highest BCUT2D eigenvalue weighted by molar-refractivity contribution is 7.09. The summed E-state index contributed by atoms with van der Waals surface area (Å²) in [7, 11) is 1.61. The number of nitrogens with one attached hydrogen (secondary N) is 1. The second-order valence-electron chi connectivity index (χ2n) is 7.62. The molecule has 1 aliphatic heterocycles. The number of benzene rings is 2. The summed E-state index contributed by atoms with van der Waals surface area (Å²) in [5, 5.41) is 6.00. The molecule has 1 atom stereocenters. The molecular formula is C24H25N3O3S. The Balaban J connectivity index is 1.53. The van der Waals surface area contributed by atoms with Gasteiger partial charge in [0.25, 0.3) is 0 Å². The van der Waals surface area contributed by atoms with Crippen molar-refractivity contribution in [3.8, 4) is 17.0 Å².